The summed E-state index contributed by atoms with van der Waals surface area (Å²) in [6.45, 7) is 1.04. The molecule has 21 heavy (non-hydrogen) atoms. The summed E-state index contributed by atoms with van der Waals surface area (Å²) >= 11 is 2.35. The number of nitrogens with zero attached hydrogens (tertiary/aromatic N) is 2. The molecule has 104 valence electrons. The summed E-state index contributed by atoms with van der Waals surface area (Å²) < 4.78 is 5.94. The van der Waals surface area contributed by atoms with Crippen molar-refractivity contribution in [3.05, 3.63) is 63.4 Å². The van der Waals surface area contributed by atoms with Crippen LogP contribution in [0.15, 0.2) is 48.5 Å². The van der Waals surface area contributed by atoms with Gasteiger partial charge in [0.05, 0.1) is 0 Å². The van der Waals surface area contributed by atoms with Crippen molar-refractivity contribution in [2.45, 2.75) is 6.42 Å². The number of benzene rings is 2. The smallest absolute Gasteiger partial charge is 0.205 e. The van der Waals surface area contributed by atoms with E-state index in [1.807, 2.05) is 0 Å². The van der Waals surface area contributed by atoms with Gasteiger partial charge in [0.2, 0.25) is 5.69 Å². The van der Waals surface area contributed by atoms with E-state index in [9.17, 15) is 0 Å². The fraction of sp³-hybridized carbons (Fsp3) is 0.167. The predicted molar refractivity (Wildman–Crippen MR) is 95.7 cm³/mol. The molecule has 3 heteroatoms. The Morgan fingerprint density at radius 2 is 1.81 bits per heavy atom. The molecule has 1 aliphatic heterocycles. The Kier molecular flexibility index (Phi) is 3.10. The third kappa shape index (κ3) is 2.11. The molecule has 0 unspecified atom stereocenters. The fourth-order valence-corrected chi connectivity index (χ4v) is 3.56. The molecule has 0 amide bonds. The van der Waals surface area contributed by atoms with Crippen LogP contribution < -0.4 is 0 Å². The minimum absolute atomic E-state index is 1.04. The highest BCUT2D eigenvalue weighted by atomic mass is 127. The number of aromatic nitrogens is 1. The van der Waals surface area contributed by atoms with Crippen LogP contribution in [0, 0.1) is 3.57 Å². The molecule has 0 spiro atoms. The standard InChI is InChI=1S/C18H16IN2/c1-20-17-5-3-2-4-15(17)16-10-11-21(12-18(16)20)14-8-6-13(19)7-9-14/h2-9,12H,10-11H2,1H3/q+1. The molecule has 0 saturated heterocycles. The monoisotopic (exact) mass is 387 g/mol. The van der Waals surface area contributed by atoms with Crippen molar-refractivity contribution in [3.8, 4) is 0 Å². The Morgan fingerprint density at radius 3 is 2.62 bits per heavy atom. The van der Waals surface area contributed by atoms with Crippen molar-refractivity contribution in [3.63, 3.8) is 0 Å². The molecule has 0 fully saturated rings. The van der Waals surface area contributed by atoms with E-state index in [1.165, 1.54) is 31.4 Å². The highest BCUT2D eigenvalue weighted by Crippen LogP contribution is 2.28. The van der Waals surface area contributed by atoms with Crippen molar-refractivity contribution in [1.29, 1.82) is 0 Å². The van der Waals surface area contributed by atoms with E-state index < -0.39 is 0 Å². The summed E-state index contributed by atoms with van der Waals surface area (Å²) in [7, 11) is 2.16. The minimum atomic E-state index is 1.04. The van der Waals surface area contributed by atoms with Crippen LogP contribution in [0.4, 0.5) is 5.69 Å². The summed E-state index contributed by atoms with van der Waals surface area (Å²) in [6, 6.07) is 17.4. The summed E-state index contributed by atoms with van der Waals surface area (Å²) in [6.07, 6.45) is 3.39. The maximum absolute atomic E-state index is 2.36. The third-order valence-electron chi connectivity index (χ3n) is 4.30. The molecule has 0 aliphatic carbocycles. The zero-order valence-corrected chi connectivity index (χ0v) is 14.0. The van der Waals surface area contributed by atoms with E-state index >= 15 is 0 Å². The van der Waals surface area contributed by atoms with E-state index in [0.717, 1.165) is 13.0 Å². The van der Waals surface area contributed by atoms with Gasteiger partial charge in [-0.05, 0) is 46.4 Å². The summed E-state index contributed by atoms with van der Waals surface area (Å²) in [4.78, 5) is 0. The number of rotatable bonds is 1. The van der Waals surface area contributed by atoms with Crippen LogP contribution in [0.2, 0.25) is 0 Å². The number of fused-ring (bicyclic) bond motifs is 3. The SMILES string of the molecule is Cn1c2c(c3ccccc31)CC[N+](c1ccc(I)cc1)=C2. The molecule has 0 saturated carbocycles. The van der Waals surface area contributed by atoms with E-state index in [4.69, 9.17) is 0 Å². The number of halogens is 1. The molecule has 3 aromatic rings. The zero-order valence-electron chi connectivity index (χ0n) is 11.9. The van der Waals surface area contributed by atoms with Gasteiger partial charge in [0, 0.05) is 40.1 Å². The average molecular weight is 387 g/mol. The Labute approximate surface area is 137 Å². The average Bonchev–Trinajstić information content (AvgIpc) is 2.81. The van der Waals surface area contributed by atoms with E-state index in [0.29, 0.717) is 0 Å². The van der Waals surface area contributed by atoms with Crippen molar-refractivity contribution in [2.24, 2.45) is 7.05 Å². The van der Waals surface area contributed by atoms with Crippen molar-refractivity contribution < 1.29 is 4.58 Å². The van der Waals surface area contributed by atoms with E-state index in [2.05, 4.69) is 93.5 Å². The van der Waals surface area contributed by atoms with Crippen LogP contribution in [-0.4, -0.2) is 21.9 Å². The van der Waals surface area contributed by atoms with Crippen LogP contribution in [0.3, 0.4) is 0 Å². The van der Waals surface area contributed by atoms with Gasteiger partial charge in [-0.3, -0.25) is 0 Å². The summed E-state index contributed by atoms with van der Waals surface area (Å²) in [5.74, 6) is 0. The molecule has 1 aromatic heterocycles. The number of aryl methyl sites for hydroxylation is 1. The van der Waals surface area contributed by atoms with Gasteiger partial charge >= 0.3 is 0 Å². The highest BCUT2D eigenvalue weighted by Gasteiger charge is 2.23. The minimum Gasteiger partial charge on any atom is -0.339 e. The van der Waals surface area contributed by atoms with Crippen LogP contribution in [0.1, 0.15) is 11.3 Å². The molecular weight excluding hydrogens is 371 g/mol. The molecule has 0 N–H and O–H groups in total. The largest absolute Gasteiger partial charge is 0.339 e. The molecule has 2 aromatic carbocycles. The van der Waals surface area contributed by atoms with Gasteiger partial charge in [-0.15, -0.1) is 0 Å². The first-order valence-corrected chi connectivity index (χ1v) is 8.25. The summed E-state index contributed by atoms with van der Waals surface area (Å²) in [5, 5.41) is 1.40. The van der Waals surface area contributed by atoms with Gasteiger partial charge in [0.15, 0.2) is 12.8 Å². The second kappa shape index (κ2) is 4.98. The van der Waals surface area contributed by atoms with Crippen LogP contribution in [0.25, 0.3) is 10.9 Å². The highest BCUT2D eigenvalue weighted by molar-refractivity contribution is 14.1. The lowest BCUT2D eigenvalue weighted by molar-refractivity contribution is -0.436. The number of para-hydroxylation sites is 1. The topological polar surface area (TPSA) is 7.94 Å². The molecule has 1 aliphatic rings. The lowest BCUT2D eigenvalue weighted by atomic mass is 10.1. The van der Waals surface area contributed by atoms with Gasteiger partial charge in [-0.1, -0.05) is 18.2 Å². The maximum Gasteiger partial charge on any atom is 0.205 e. The lowest BCUT2D eigenvalue weighted by Gasteiger charge is -2.10. The van der Waals surface area contributed by atoms with Crippen molar-refractivity contribution >= 4 is 45.4 Å². The maximum atomic E-state index is 2.36. The first kappa shape index (κ1) is 13.1. The Bertz CT molecular complexity index is 857. The summed E-state index contributed by atoms with van der Waals surface area (Å²) in [5.41, 5.74) is 5.41. The fourth-order valence-electron chi connectivity index (χ4n) is 3.20. The molecule has 0 atom stereocenters. The third-order valence-corrected chi connectivity index (χ3v) is 5.02. The Hall–Kier alpha value is -1.62. The van der Waals surface area contributed by atoms with Crippen LogP contribution in [-0.2, 0) is 13.5 Å². The van der Waals surface area contributed by atoms with Crippen molar-refractivity contribution in [1.82, 2.24) is 4.57 Å². The molecule has 2 nitrogen and oxygen atoms in total. The first-order valence-electron chi connectivity index (χ1n) is 7.17. The lowest BCUT2D eigenvalue weighted by Crippen LogP contribution is -2.19. The van der Waals surface area contributed by atoms with Gasteiger partial charge in [0.25, 0.3) is 0 Å². The van der Waals surface area contributed by atoms with E-state index in [-0.39, 0.29) is 0 Å². The van der Waals surface area contributed by atoms with Crippen molar-refractivity contribution in [2.75, 3.05) is 6.54 Å². The quantitative estimate of drug-likeness (QED) is 0.439. The Morgan fingerprint density at radius 1 is 1.05 bits per heavy atom. The molecular formula is C18H16IN2+. The van der Waals surface area contributed by atoms with Crippen LogP contribution in [0.5, 0.6) is 0 Å². The van der Waals surface area contributed by atoms with Gasteiger partial charge in [-0.2, -0.15) is 4.58 Å². The normalized spacial score (nSPS) is 14.1. The van der Waals surface area contributed by atoms with Gasteiger partial charge < -0.3 is 4.57 Å². The molecule has 4 rings (SSSR count). The predicted octanol–water partition coefficient (Wildman–Crippen LogP) is 4.10. The molecule has 0 bridgehead atoms. The van der Waals surface area contributed by atoms with E-state index in [1.54, 1.807) is 0 Å². The number of hydrogen-bond donors (Lipinski definition) is 0. The molecule has 2 heterocycles. The second-order valence-corrected chi connectivity index (χ2v) is 6.73. The van der Waals surface area contributed by atoms with Crippen LogP contribution >= 0.6 is 22.6 Å². The second-order valence-electron chi connectivity index (χ2n) is 5.49. The zero-order chi connectivity index (χ0) is 14.4. The van der Waals surface area contributed by atoms with Gasteiger partial charge in [0.1, 0.15) is 5.69 Å². The Balaban J connectivity index is 1.89. The first-order chi connectivity index (χ1) is 10.2. The molecule has 0 radical (unpaired) electrons. The van der Waals surface area contributed by atoms with Gasteiger partial charge in [-0.25, -0.2) is 0 Å². The number of hydrogen-bond acceptors (Lipinski definition) is 0.